The van der Waals surface area contributed by atoms with Gasteiger partial charge >= 0.3 is 0 Å². The van der Waals surface area contributed by atoms with Crippen molar-refractivity contribution in [1.29, 1.82) is 0 Å². The SMILES string of the molecule is CCCCC(C)NC(=O)c1n[nH]c(CCC)c1S(N)(=O)=O. The van der Waals surface area contributed by atoms with Crippen LogP contribution in [-0.4, -0.2) is 30.6 Å². The first kappa shape index (κ1) is 17.6. The molecule has 0 spiro atoms. The molecule has 0 aliphatic rings. The van der Waals surface area contributed by atoms with Crippen LogP contribution in [0.15, 0.2) is 4.90 Å². The number of aromatic nitrogens is 2. The molecule has 8 heteroatoms. The van der Waals surface area contributed by atoms with Gasteiger partial charge in [0.25, 0.3) is 5.91 Å². The number of amides is 1. The highest BCUT2D eigenvalue weighted by Gasteiger charge is 2.27. The molecule has 0 radical (unpaired) electrons. The molecule has 1 amide bonds. The number of nitrogens with one attached hydrogen (secondary N) is 2. The Labute approximate surface area is 125 Å². The van der Waals surface area contributed by atoms with E-state index in [9.17, 15) is 13.2 Å². The number of nitrogens with two attached hydrogens (primary N) is 1. The Morgan fingerprint density at radius 3 is 2.57 bits per heavy atom. The Bertz CT molecular complexity index is 580. The normalized spacial score (nSPS) is 13.1. The Hall–Kier alpha value is -1.41. The van der Waals surface area contributed by atoms with Crippen molar-refractivity contribution < 1.29 is 13.2 Å². The van der Waals surface area contributed by atoms with Crippen molar-refractivity contribution in [2.75, 3.05) is 0 Å². The molecule has 0 aromatic carbocycles. The number of hydrogen-bond donors (Lipinski definition) is 3. The third kappa shape index (κ3) is 4.82. The van der Waals surface area contributed by atoms with Crippen LogP contribution in [0.3, 0.4) is 0 Å². The third-order valence-electron chi connectivity index (χ3n) is 3.16. The van der Waals surface area contributed by atoms with Gasteiger partial charge in [0.05, 0.1) is 5.69 Å². The summed E-state index contributed by atoms with van der Waals surface area (Å²) in [4.78, 5) is 12.0. The summed E-state index contributed by atoms with van der Waals surface area (Å²) in [5, 5.41) is 14.4. The Balaban J connectivity index is 2.99. The van der Waals surface area contributed by atoms with Crippen LogP contribution in [-0.2, 0) is 16.4 Å². The molecule has 4 N–H and O–H groups in total. The van der Waals surface area contributed by atoms with Crippen molar-refractivity contribution in [2.24, 2.45) is 5.14 Å². The second-order valence-corrected chi connectivity index (χ2v) is 6.69. The van der Waals surface area contributed by atoms with E-state index in [2.05, 4.69) is 22.4 Å². The number of carbonyl (C=O) groups is 1. The summed E-state index contributed by atoms with van der Waals surface area (Å²) in [6.45, 7) is 5.85. The predicted molar refractivity (Wildman–Crippen MR) is 80.4 cm³/mol. The van der Waals surface area contributed by atoms with Gasteiger partial charge in [0.15, 0.2) is 5.69 Å². The number of unbranched alkanes of at least 4 members (excludes halogenated alkanes) is 1. The topological polar surface area (TPSA) is 118 Å². The maximum absolute atomic E-state index is 12.2. The van der Waals surface area contributed by atoms with E-state index >= 15 is 0 Å². The van der Waals surface area contributed by atoms with Crippen LogP contribution < -0.4 is 10.5 Å². The highest BCUT2D eigenvalue weighted by atomic mass is 32.2. The van der Waals surface area contributed by atoms with E-state index in [1.165, 1.54) is 0 Å². The van der Waals surface area contributed by atoms with Crippen molar-refractivity contribution in [3.8, 4) is 0 Å². The van der Waals surface area contributed by atoms with Gasteiger partial charge in [0.1, 0.15) is 4.90 Å². The number of hydrogen-bond acceptors (Lipinski definition) is 4. The van der Waals surface area contributed by atoms with Crippen LogP contribution in [0.25, 0.3) is 0 Å². The van der Waals surface area contributed by atoms with Crippen molar-refractivity contribution in [1.82, 2.24) is 15.5 Å². The molecule has 1 aromatic rings. The number of carbonyl (C=O) groups excluding carboxylic acids is 1. The highest BCUT2D eigenvalue weighted by Crippen LogP contribution is 2.18. The maximum Gasteiger partial charge on any atom is 0.273 e. The zero-order valence-corrected chi connectivity index (χ0v) is 13.6. The van der Waals surface area contributed by atoms with E-state index in [1.54, 1.807) is 0 Å². The van der Waals surface area contributed by atoms with Gasteiger partial charge in [-0.05, 0) is 19.8 Å². The summed E-state index contributed by atoms with van der Waals surface area (Å²) in [6.07, 6.45) is 4.05. The van der Waals surface area contributed by atoms with Crippen LogP contribution in [0.1, 0.15) is 62.6 Å². The molecule has 0 saturated heterocycles. The molecular formula is C13H24N4O3S. The molecule has 7 nitrogen and oxygen atoms in total. The predicted octanol–water partition coefficient (Wildman–Crippen LogP) is 1.32. The fourth-order valence-corrected chi connectivity index (χ4v) is 3.02. The van der Waals surface area contributed by atoms with Crippen LogP contribution >= 0.6 is 0 Å². The number of nitrogens with zero attached hydrogens (tertiary/aromatic N) is 1. The lowest BCUT2D eigenvalue weighted by Crippen LogP contribution is -2.34. The summed E-state index contributed by atoms with van der Waals surface area (Å²) >= 11 is 0. The van der Waals surface area contributed by atoms with Crippen molar-refractivity contribution in [3.05, 3.63) is 11.4 Å². The third-order valence-corrected chi connectivity index (χ3v) is 4.17. The van der Waals surface area contributed by atoms with E-state index in [1.807, 2.05) is 13.8 Å². The number of primary sulfonamides is 1. The lowest BCUT2D eigenvalue weighted by molar-refractivity contribution is 0.0929. The first-order valence-electron chi connectivity index (χ1n) is 7.22. The van der Waals surface area contributed by atoms with E-state index in [0.717, 1.165) is 25.7 Å². The number of sulfonamides is 1. The molecular weight excluding hydrogens is 292 g/mol. The molecule has 21 heavy (non-hydrogen) atoms. The largest absolute Gasteiger partial charge is 0.348 e. The van der Waals surface area contributed by atoms with Gasteiger partial charge in [-0.2, -0.15) is 5.10 Å². The molecule has 1 rings (SSSR count). The molecule has 0 aliphatic heterocycles. The number of H-pyrrole nitrogens is 1. The van der Waals surface area contributed by atoms with Gasteiger partial charge in [-0.25, -0.2) is 13.6 Å². The van der Waals surface area contributed by atoms with Gasteiger partial charge in [-0.3, -0.25) is 9.89 Å². The molecule has 1 heterocycles. The fraction of sp³-hybridized carbons (Fsp3) is 0.692. The first-order valence-corrected chi connectivity index (χ1v) is 8.76. The maximum atomic E-state index is 12.2. The average Bonchev–Trinajstić information content (AvgIpc) is 2.80. The molecule has 1 aromatic heterocycles. The second kappa shape index (κ2) is 7.56. The smallest absolute Gasteiger partial charge is 0.273 e. The summed E-state index contributed by atoms with van der Waals surface area (Å²) < 4.78 is 23.4. The molecule has 0 bridgehead atoms. The van der Waals surface area contributed by atoms with Crippen molar-refractivity contribution in [2.45, 2.75) is 63.8 Å². The van der Waals surface area contributed by atoms with E-state index in [-0.39, 0.29) is 16.6 Å². The van der Waals surface area contributed by atoms with Gasteiger partial charge in [0.2, 0.25) is 10.0 Å². The minimum Gasteiger partial charge on any atom is -0.348 e. The fourth-order valence-electron chi connectivity index (χ4n) is 2.12. The minimum atomic E-state index is -4.00. The molecule has 0 fully saturated rings. The summed E-state index contributed by atoms with van der Waals surface area (Å²) in [7, 11) is -4.00. The van der Waals surface area contributed by atoms with E-state index in [4.69, 9.17) is 5.14 Å². The zero-order chi connectivity index (χ0) is 16.0. The standard InChI is InChI=1S/C13H24N4O3S/c1-4-6-8-9(3)15-13(18)11-12(21(14,19)20)10(7-5-2)16-17-11/h9H,4-8H2,1-3H3,(H,15,18)(H,16,17)(H2,14,19,20). The lowest BCUT2D eigenvalue weighted by Gasteiger charge is -2.12. The monoisotopic (exact) mass is 316 g/mol. The molecule has 120 valence electrons. The second-order valence-electron chi connectivity index (χ2n) is 5.19. The van der Waals surface area contributed by atoms with Crippen LogP contribution in [0, 0.1) is 0 Å². The molecule has 1 unspecified atom stereocenters. The number of aryl methyl sites for hydroxylation is 1. The van der Waals surface area contributed by atoms with Crippen molar-refractivity contribution in [3.63, 3.8) is 0 Å². The molecule has 0 saturated carbocycles. The Kier molecular flexibility index (Phi) is 6.35. The van der Waals surface area contributed by atoms with Gasteiger partial charge < -0.3 is 5.32 Å². The van der Waals surface area contributed by atoms with Crippen molar-refractivity contribution >= 4 is 15.9 Å². The van der Waals surface area contributed by atoms with E-state index in [0.29, 0.717) is 12.1 Å². The quantitative estimate of drug-likeness (QED) is 0.670. The Morgan fingerprint density at radius 2 is 2.05 bits per heavy atom. The van der Waals surface area contributed by atoms with Gasteiger partial charge in [-0.15, -0.1) is 0 Å². The van der Waals surface area contributed by atoms with Crippen LogP contribution in [0.2, 0.25) is 0 Å². The highest BCUT2D eigenvalue weighted by molar-refractivity contribution is 7.89. The summed E-state index contributed by atoms with van der Waals surface area (Å²) in [6, 6.07) is -0.0443. The van der Waals surface area contributed by atoms with Gasteiger partial charge in [-0.1, -0.05) is 33.1 Å². The first-order chi connectivity index (χ1) is 9.81. The zero-order valence-electron chi connectivity index (χ0n) is 12.8. The molecule has 1 atom stereocenters. The Morgan fingerprint density at radius 1 is 1.38 bits per heavy atom. The van der Waals surface area contributed by atoms with Crippen LogP contribution in [0.4, 0.5) is 0 Å². The summed E-state index contributed by atoms with van der Waals surface area (Å²) in [5.74, 6) is -0.513. The van der Waals surface area contributed by atoms with Gasteiger partial charge in [0, 0.05) is 6.04 Å². The minimum absolute atomic E-state index is 0.0443. The average molecular weight is 316 g/mol. The van der Waals surface area contributed by atoms with E-state index < -0.39 is 15.9 Å². The summed E-state index contributed by atoms with van der Waals surface area (Å²) in [5.41, 5.74) is 0.232. The lowest BCUT2D eigenvalue weighted by atomic mass is 10.1. The number of aromatic amines is 1. The molecule has 0 aliphatic carbocycles. The van der Waals surface area contributed by atoms with Crippen LogP contribution in [0.5, 0.6) is 0 Å². The number of rotatable bonds is 8.